The van der Waals surface area contributed by atoms with Crippen LogP contribution in [0, 0.1) is 17.3 Å². The van der Waals surface area contributed by atoms with Gasteiger partial charge < -0.3 is 0 Å². The Balaban J connectivity index is 2.33. The van der Waals surface area contributed by atoms with Crippen LogP contribution in [0.2, 0.25) is 0 Å². The number of hydrogen-bond acceptors (Lipinski definition) is 0. The number of hydrogen-bond donors (Lipinski definition) is 0. The van der Waals surface area contributed by atoms with Crippen molar-refractivity contribution in [3.63, 3.8) is 0 Å². The first-order chi connectivity index (χ1) is 8.47. The third-order valence-corrected chi connectivity index (χ3v) is 5.98. The van der Waals surface area contributed by atoms with Gasteiger partial charge in [-0.05, 0) is 36.5 Å². The van der Waals surface area contributed by atoms with Gasteiger partial charge in [0.15, 0.2) is 0 Å². The molecule has 0 saturated heterocycles. The Bertz CT molecular complexity index is 222. The van der Waals surface area contributed by atoms with Gasteiger partial charge in [-0.3, -0.25) is 0 Å². The summed E-state index contributed by atoms with van der Waals surface area (Å²) in [5.41, 5.74) is 0.528. The molecule has 1 saturated carbocycles. The van der Waals surface area contributed by atoms with Crippen molar-refractivity contribution < 1.29 is 0 Å². The van der Waals surface area contributed by atoms with Crippen molar-refractivity contribution in [1.29, 1.82) is 0 Å². The van der Waals surface area contributed by atoms with Crippen LogP contribution in [-0.2, 0) is 0 Å². The third-order valence-electron chi connectivity index (χ3n) is 4.96. The summed E-state index contributed by atoms with van der Waals surface area (Å²) in [7, 11) is 0. The Morgan fingerprint density at radius 2 is 1.72 bits per heavy atom. The summed E-state index contributed by atoms with van der Waals surface area (Å²) in [5.74, 6) is 1.81. The zero-order valence-corrected chi connectivity index (χ0v) is 14.6. The highest BCUT2D eigenvalue weighted by Crippen LogP contribution is 2.45. The van der Waals surface area contributed by atoms with Crippen LogP contribution < -0.4 is 0 Å². The molecule has 0 aliphatic heterocycles. The summed E-state index contributed by atoms with van der Waals surface area (Å²) in [6.45, 7) is 9.70. The predicted molar refractivity (Wildman–Crippen MR) is 86.4 cm³/mol. The second-order valence-electron chi connectivity index (χ2n) is 7.19. The second-order valence-corrected chi connectivity index (χ2v) is 8.37. The number of halogens is 1. The topological polar surface area (TPSA) is 0 Å². The summed E-state index contributed by atoms with van der Waals surface area (Å²) in [4.78, 5) is 0.756. The van der Waals surface area contributed by atoms with Crippen molar-refractivity contribution in [3.05, 3.63) is 0 Å². The van der Waals surface area contributed by atoms with Gasteiger partial charge in [0, 0.05) is 4.83 Å². The van der Waals surface area contributed by atoms with Crippen LogP contribution >= 0.6 is 15.9 Å². The van der Waals surface area contributed by atoms with Crippen LogP contribution in [0.25, 0.3) is 0 Å². The van der Waals surface area contributed by atoms with Gasteiger partial charge in [-0.25, -0.2) is 0 Å². The van der Waals surface area contributed by atoms with Crippen molar-refractivity contribution >= 4 is 15.9 Å². The first-order valence-electron chi connectivity index (χ1n) is 8.11. The fourth-order valence-corrected chi connectivity index (χ4v) is 5.18. The maximum atomic E-state index is 3.96. The Kier molecular flexibility index (Phi) is 7.28. The molecule has 0 N–H and O–H groups in total. The largest absolute Gasteiger partial charge is 0.0887 e. The van der Waals surface area contributed by atoms with Gasteiger partial charge in [0.2, 0.25) is 0 Å². The second kappa shape index (κ2) is 7.92. The zero-order chi connectivity index (χ0) is 13.6. The maximum absolute atomic E-state index is 3.96. The summed E-state index contributed by atoms with van der Waals surface area (Å²) < 4.78 is 0. The summed E-state index contributed by atoms with van der Waals surface area (Å²) in [6, 6.07) is 0. The van der Waals surface area contributed by atoms with Crippen LogP contribution in [0.1, 0.15) is 85.5 Å². The highest BCUT2D eigenvalue weighted by atomic mass is 79.9. The Labute approximate surface area is 123 Å². The number of rotatable bonds is 7. The lowest BCUT2D eigenvalue weighted by molar-refractivity contribution is 0.133. The molecule has 0 aromatic carbocycles. The van der Waals surface area contributed by atoms with E-state index in [9.17, 15) is 0 Å². The standard InChI is InChI=1S/C17H33Br/c1-5-6-7-8-9-12-17(3,4)15-11-10-14(2)13-16(15)18/h14-16H,5-13H2,1-4H3. The number of alkyl halides is 1. The molecule has 1 aliphatic rings. The molecule has 0 aromatic rings. The number of unbranched alkanes of at least 4 members (excludes halogenated alkanes) is 4. The molecule has 0 heterocycles. The molecule has 0 bridgehead atoms. The summed E-state index contributed by atoms with van der Waals surface area (Å²) in [6.07, 6.45) is 12.7. The monoisotopic (exact) mass is 316 g/mol. The van der Waals surface area contributed by atoms with E-state index in [0.717, 1.165) is 16.7 Å². The molecule has 1 heteroatoms. The van der Waals surface area contributed by atoms with Gasteiger partial charge in [0.05, 0.1) is 0 Å². The van der Waals surface area contributed by atoms with Crippen molar-refractivity contribution in [3.8, 4) is 0 Å². The first kappa shape index (κ1) is 16.5. The van der Waals surface area contributed by atoms with E-state index >= 15 is 0 Å². The van der Waals surface area contributed by atoms with Crippen molar-refractivity contribution in [1.82, 2.24) is 0 Å². The van der Waals surface area contributed by atoms with E-state index in [2.05, 4.69) is 43.6 Å². The van der Waals surface area contributed by atoms with E-state index in [4.69, 9.17) is 0 Å². The van der Waals surface area contributed by atoms with Crippen LogP contribution in [0.3, 0.4) is 0 Å². The van der Waals surface area contributed by atoms with Gasteiger partial charge >= 0.3 is 0 Å². The lowest BCUT2D eigenvalue weighted by atomic mass is 9.67. The average molecular weight is 317 g/mol. The minimum Gasteiger partial charge on any atom is -0.0887 e. The molecular weight excluding hydrogens is 284 g/mol. The minimum absolute atomic E-state index is 0.528. The maximum Gasteiger partial charge on any atom is 0.0181 e. The van der Waals surface area contributed by atoms with Gasteiger partial charge in [0.25, 0.3) is 0 Å². The molecule has 0 nitrogen and oxygen atoms in total. The molecule has 0 aromatic heterocycles. The molecule has 0 spiro atoms. The average Bonchev–Trinajstić information content (AvgIpc) is 2.28. The van der Waals surface area contributed by atoms with E-state index in [0.29, 0.717) is 5.41 Å². The highest BCUT2D eigenvalue weighted by Gasteiger charge is 2.37. The van der Waals surface area contributed by atoms with E-state index in [-0.39, 0.29) is 0 Å². The minimum atomic E-state index is 0.528. The van der Waals surface area contributed by atoms with Crippen LogP contribution in [0.4, 0.5) is 0 Å². The van der Waals surface area contributed by atoms with Crippen molar-refractivity contribution in [2.75, 3.05) is 0 Å². The third kappa shape index (κ3) is 5.23. The molecule has 3 atom stereocenters. The smallest absolute Gasteiger partial charge is 0.0181 e. The molecule has 1 aliphatic carbocycles. The molecule has 1 rings (SSSR count). The Morgan fingerprint density at radius 1 is 1.06 bits per heavy atom. The Hall–Kier alpha value is 0.480. The molecule has 0 radical (unpaired) electrons. The summed E-state index contributed by atoms with van der Waals surface area (Å²) >= 11 is 3.96. The van der Waals surface area contributed by atoms with Crippen LogP contribution in [0.15, 0.2) is 0 Å². The fraction of sp³-hybridized carbons (Fsp3) is 1.00. The van der Waals surface area contributed by atoms with Gasteiger partial charge in [-0.15, -0.1) is 0 Å². The van der Waals surface area contributed by atoms with E-state index in [1.54, 1.807) is 0 Å². The van der Waals surface area contributed by atoms with E-state index in [1.165, 1.54) is 57.8 Å². The van der Waals surface area contributed by atoms with Gasteiger partial charge in [0.1, 0.15) is 0 Å². The van der Waals surface area contributed by atoms with Crippen LogP contribution in [-0.4, -0.2) is 4.83 Å². The molecule has 3 unspecified atom stereocenters. The first-order valence-corrected chi connectivity index (χ1v) is 9.03. The fourth-order valence-electron chi connectivity index (χ4n) is 3.56. The van der Waals surface area contributed by atoms with Crippen molar-refractivity contribution in [2.24, 2.45) is 17.3 Å². The van der Waals surface area contributed by atoms with Crippen LogP contribution in [0.5, 0.6) is 0 Å². The lowest BCUT2D eigenvalue weighted by Gasteiger charge is -2.42. The Morgan fingerprint density at radius 3 is 2.33 bits per heavy atom. The lowest BCUT2D eigenvalue weighted by Crippen LogP contribution is -2.35. The normalized spacial score (nSPS) is 29.5. The molecule has 1 fully saturated rings. The summed E-state index contributed by atoms with van der Waals surface area (Å²) in [5, 5.41) is 0. The highest BCUT2D eigenvalue weighted by molar-refractivity contribution is 9.09. The van der Waals surface area contributed by atoms with E-state index < -0.39 is 0 Å². The van der Waals surface area contributed by atoms with Gasteiger partial charge in [-0.1, -0.05) is 82.1 Å². The van der Waals surface area contributed by atoms with Crippen molar-refractivity contribution in [2.45, 2.75) is 90.3 Å². The molecule has 108 valence electrons. The zero-order valence-electron chi connectivity index (χ0n) is 13.0. The molecular formula is C17H33Br. The van der Waals surface area contributed by atoms with Gasteiger partial charge in [-0.2, -0.15) is 0 Å². The molecule has 0 amide bonds. The SMILES string of the molecule is CCCCCCCC(C)(C)C1CCC(C)CC1Br. The predicted octanol–water partition coefficient (Wildman–Crippen LogP) is 6.57. The molecule has 18 heavy (non-hydrogen) atoms. The quantitative estimate of drug-likeness (QED) is 0.368. The van der Waals surface area contributed by atoms with E-state index in [1.807, 2.05) is 0 Å².